The van der Waals surface area contributed by atoms with Crippen molar-refractivity contribution in [3.8, 4) is 0 Å². The zero-order chi connectivity index (χ0) is 22.2. The summed E-state index contributed by atoms with van der Waals surface area (Å²) in [7, 11) is 0. The van der Waals surface area contributed by atoms with Crippen molar-refractivity contribution >= 4 is 28.2 Å². The van der Waals surface area contributed by atoms with E-state index in [0.717, 1.165) is 63.7 Å². The Bertz CT molecular complexity index is 874. The van der Waals surface area contributed by atoms with Crippen LogP contribution in [0.15, 0.2) is 30.3 Å². The van der Waals surface area contributed by atoms with Gasteiger partial charge in [-0.25, -0.2) is 0 Å². The highest BCUT2D eigenvalue weighted by atomic mass is 32.1. The minimum Gasteiger partial charge on any atom is -0.349 e. The zero-order valence-electron chi connectivity index (χ0n) is 19.1. The van der Waals surface area contributed by atoms with Gasteiger partial charge in [0.15, 0.2) is 0 Å². The second kappa shape index (κ2) is 11.4. The maximum atomic E-state index is 13.3. The van der Waals surface area contributed by atoms with Gasteiger partial charge >= 0.3 is 0 Å². The SMILES string of the molecule is CC[NH+](CC)CCC[C@H](C)NC(=O)c1c(NC(=O)c2ccccc2)sc2c1CCCC2. The van der Waals surface area contributed by atoms with Crippen molar-refractivity contribution in [2.75, 3.05) is 25.0 Å². The van der Waals surface area contributed by atoms with Gasteiger partial charge in [0.1, 0.15) is 5.00 Å². The third kappa shape index (κ3) is 6.17. The van der Waals surface area contributed by atoms with Crippen molar-refractivity contribution in [2.45, 2.75) is 65.3 Å². The van der Waals surface area contributed by atoms with E-state index in [1.807, 2.05) is 18.2 Å². The van der Waals surface area contributed by atoms with Gasteiger partial charge in [-0.3, -0.25) is 9.59 Å². The van der Waals surface area contributed by atoms with Gasteiger partial charge in [0, 0.05) is 16.5 Å². The van der Waals surface area contributed by atoms with Crippen LogP contribution < -0.4 is 15.5 Å². The van der Waals surface area contributed by atoms with Crippen LogP contribution in [0.5, 0.6) is 0 Å². The second-order valence-electron chi connectivity index (χ2n) is 8.46. The van der Waals surface area contributed by atoms with Crippen molar-refractivity contribution in [1.29, 1.82) is 0 Å². The minimum absolute atomic E-state index is 0.0505. The largest absolute Gasteiger partial charge is 0.349 e. The number of thiophene rings is 1. The van der Waals surface area contributed by atoms with Crippen LogP contribution in [0.25, 0.3) is 0 Å². The monoisotopic (exact) mass is 442 g/mol. The van der Waals surface area contributed by atoms with Crippen molar-refractivity contribution < 1.29 is 14.5 Å². The fourth-order valence-corrected chi connectivity index (χ4v) is 5.57. The molecule has 1 aliphatic rings. The van der Waals surface area contributed by atoms with Crippen LogP contribution in [0.4, 0.5) is 5.00 Å². The molecule has 0 bridgehead atoms. The number of carbonyl (C=O) groups excluding carboxylic acids is 2. The molecule has 1 aliphatic carbocycles. The van der Waals surface area contributed by atoms with E-state index in [1.165, 1.54) is 4.88 Å². The van der Waals surface area contributed by atoms with Crippen LogP contribution in [0.3, 0.4) is 0 Å². The first-order valence-electron chi connectivity index (χ1n) is 11.7. The van der Waals surface area contributed by atoms with E-state index >= 15 is 0 Å². The first-order chi connectivity index (χ1) is 15.0. The van der Waals surface area contributed by atoms with Crippen LogP contribution in [0, 0.1) is 0 Å². The quantitative estimate of drug-likeness (QED) is 0.525. The van der Waals surface area contributed by atoms with Gasteiger partial charge in [0.05, 0.1) is 25.2 Å². The molecule has 1 aromatic heterocycles. The lowest BCUT2D eigenvalue weighted by atomic mass is 9.95. The molecule has 0 fully saturated rings. The molecule has 1 atom stereocenters. The average molecular weight is 443 g/mol. The standard InChI is InChI=1S/C25H35N3O2S/c1-4-28(5-2)17-11-12-18(3)26-24(30)22-20-15-9-10-16-21(20)31-25(22)27-23(29)19-13-7-6-8-14-19/h6-8,13-14,18H,4-5,9-12,15-17H2,1-3H3,(H,26,30)(H,27,29)/p+1/t18-/m0/s1. The molecule has 1 aromatic carbocycles. The Morgan fingerprint density at radius 1 is 1.06 bits per heavy atom. The predicted octanol–water partition coefficient (Wildman–Crippen LogP) is 3.70. The maximum Gasteiger partial charge on any atom is 0.256 e. The van der Waals surface area contributed by atoms with Crippen molar-refractivity contribution in [1.82, 2.24) is 5.32 Å². The summed E-state index contributed by atoms with van der Waals surface area (Å²) in [6.07, 6.45) is 6.20. The lowest BCUT2D eigenvalue weighted by Gasteiger charge is -2.19. The minimum atomic E-state index is -0.163. The Labute approximate surface area is 190 Å². The normalized spacial score (nSPS) is 14.2. The summed E-state index contributed by atoms with van der Waals surface area (Å²) in [5, 5.41) is 6.92. The molecule has 5 nitrogen and oxygen atoms in total. The number of benzene rings is 1. The van der Waals surface area contributed by atoms with Crippen LogP contribution in [-0.2, 0) is 12.8 Å². The molecule has 3 N–H and O–H groups in total. The average Bonchev–Trinajstić information content (AvgIpc) is 3.15. The van der Waals surface area contributed by atoms with E-state index in [1.54, 1.807) is 28.4 Å². The highest BCUT2D eigenvalue weighted by molar-refractivity contribution is 7.17. The van der Waals surface area contributed by atoms with E-state index in [4.69, 9.17) is 0 Å². The molecule has 0 aliphatic heterocycles. The molecule has 0 saturated heterocycles. The lowest BCUT2D eigenvalue weighted by molar-refractivity contribution is -0.896. The number of hydrogen-bond donors (Lipinski definition) is 3. The van der Waals surface area contributed by atoms with Crippen LogP contribution in [-0.4, -0.2) is 37.5 Å². The molecule has 0 spiro atoms. The first kappa shape index (κ1) is 23.5. The van der Waals surface area contributed by atoms with Crippen LogP contribution >= 0.6 is 11.3 Å². The molecule has 0 radical (unpaired) electrons. The summed E-state index contributed by atoms with van der Waals surface area (Å²) < 4.78 is 0. The van der Waals surface area contributed by atoms with E-state index in [0.29, 0.717) is 16.1 Å². The second-order valence-corrected chi connectivity index (χ2v) is 9.56. The number of quaternary nitrogens is 1. The summed E-state index contributed by atoms with van der Waals surface area (Å²) in [5.74, 6) is -0.214. The van der Waals surface area contributed by atoms with E-state index in [2.05, 4.69) is 31.4 Å². The van der Waals surface area contributed by atoms with Gasteiger partial charge in [-0.05, 0) is 77.0 Å². The molecule has 2 aromatic rings. The zero-order valence-corrected chi connectivity index (χ0v) is 19.9. The van der Waals surface area contributed by atoms with Crippen LogP contribution in [0.2, 0.25) is 0 Å². The molecule has 3 rings (SSSR count). The van der Waals surface area contributed by atoms with E-state index < -0.39 is 0 Å². The number of fused-ring (bicyclic) bond motifs is 1. The van der Waals surface area contributed by atoms with Gasteiger partial charge in [0.25, 0.3) is 11.8 Å². The number of amides is 2. The first-order valence-corrected chi connectivity index (χ1v) is 12.5. The number of hydrogen-bond acceptors (Lipinski definition) is 3. The fourth-order valence-electron chi connectivity index (χ4n) is 4.29. The lowest BCUT2D eigenvalue weighted by Crippen LogP contribution is -3.11. The third-order valence-electron chi connectivity index (χ3n) is 6.21. The van der Waals surface area contributed by atoms with Crippen LogP contribution in [0.1, 0.15) is 77.6 Å². The number of rotatable bonds is 10. The Morgan fingerprint density at radius 2 is 1.77 bits per heavy atom. The summed E-state index contributed by atoms with van der Waals surface area (Å²) in [6.45, 7) is 9.94. The van der Waals surface area contributed by atoms with Gasteiger partial charge in [-0.15, -0.1) is 11.3 Å². The predicted molar refractivity (Wildman–Crippen MR) is 128 cm³/mol. The Balaban J connectivity index is 1.70. The summed E-state index contributed by atoms with van der Waals surface area (Å²) in [4.78, 5) is 28.9. The molecule has 168 valence electrons. The molecule has 0 unspecified atom stereocenters. The topological polar surface area (TPSA) is 62.6 Å². The third-order valence-corrected chi connectivity index (χ3v) is 7.41. The van der Waals surface area contributed by atoms with Gasteiger partial charge in [-0.2, -0.15) is 0 Å². The van der Waals surface area contributed by atoms with Gasteiger partial charge in [0.2, 0.25) is 0 Å². The number of anilines is 1. The van der Waals surface area contributed by atoms with Crippen molar-refractivity contribution in [3.63, 3.8) is 0 Å². The van der Waals surface area contributed by atoms with Crippen molar-refractivity contribution in [2.24, 2.45) is 0 Å². The van der Waals surface area contributed by atoms with Gasteiger partial charge in [-0.1, -0.05) is 18.2 Å². The Morgan fingerprint density at radius 3 is 2.48 bits per heavy atom. The molecular weight excluding hydrogens is 406 g/mol. The van der Waals surface area contributed by atoms with E-state index in [-0.39, 0.29) is 17.9 Å². The number of aryl methyl sites for hydroxylation is 1. The molecule has 2 amide bonds. The highest BCUT2D eigenvalue weighted by Crippen LogP contribution is 2.38. The molecule has 6 heteroatoms. The maximum absolute atomic E-state index is 13.3. The van der Waals surface area contributed by atoms with E-state index in [9.17, 15) is 9.59 Å². The highest BCUT2D eigenvalue weighted by Gasteiger charge is 2.27. The molecule has 1 heterocycles. The summed E-state index contributed by atoms with van der Waals surface area (Å²) in [5.41, 5.74) is 2.43. The number of carbonyl (C=O) groups is 2. The van der Waals surface area contributed by atoms with Crippen molar-refractivity contribution in [3.05, 3.63) is 51.9 Å². The number of nitrogens with one attached hydrogen (secondary N) is 3. The smallest absolute Gasteiger partial charge is 0.256 e. The Kier molecular flexibility index (Phi) is 8.67. The fraction of sp³-hybridized carbons (Fsp3) is 0.520. The summed E-state index contributed by atoms with van der Waals surface area (Å²) >= 11 is 1.57. The molecule has 0 saturated carbocycles. The summed E-state index contributed by atoms with van der Waals surface area (Å²) in [6, 6.07) is 9.29. The van der Waals surface area contributed by atoms with Gasteiger partial charge < -0.3 is 15.5 Å². The molecular formula is C25H36N3O2S+. The Hall–Kier alpha value is -2.18. The molecule has 31 heavy (non-hydrogen) atoms.